The number of thioether (sulfide) groups is 1. The zero-order valence-electron chi connectivity index (χ0n) is 13.1. The Morgan fingerprint density at radius 2 is 2.09 bits per heavy atom. The van der Waals surface area contributed by atoms with Gasteiger partial charge in [0.15, 0.2) is 5.17 Å². The van der Waals surface area contributed by atoms with Gasteiger partial charge in [0.05, 0.1) is 27.0 Å². The number of nitrogens with zero attached hydrogens (tertiary/aromatic N) is 2. The number of amides is 1. The van der Waals surface area contributed by atoms with Crippen molar-refractivity contribution in [1.29, 1.82) is 0 Å². The Balaban J connectivity index is 1.68. The second-order valence-electron chi connectivity index (χ2n) is 5.71. The average Bonchev–Trinajstić information content (AvgIpc) is 2.98. The molecular formula is C16H17Cl2N3OS. The Hall–Kier alpha value is -1.17. The highest BCUT2D eigenvalue weighted by atomic mass is 35.5. The highest BCUT2D eigenvalue weighted by Crippen LogP contribution is 2.40. The minimum Gasteiger partial charge on any atom is -0.347 e. The van der Waals surface area contributed by atoms with Gasteiger partial charge in [0.2, 0.25) is 0 Å². The van der Waals surface area contributed by atoms with E-state index in [1.54, 1.807) is 12.1 Å². The number of fused-ring (bicyclic) bond motifs is 1. The van der Waals surface area contributed by atoms with E-state index in [1.807, 2.05) is 13.0 Å². The molecule has 1 aromatic carbocycles. The lowest BCUT2D eigenvalue weighted by atomic mass is 10.1. The van der Waals surface area contributed by atoms with Crippen LogP contribution >= 0.6 is 35.0 Å². The molecular weight excluding hydrogens is 353 g/mol. The van der Waals surface area contributed by atoms with Gasteiger partial charge in [-0.2, -0.15) is 0 Å². The number of carbonyl (C=O) groups excluding carboxylic acids is 1. The number of benzene rings is 1. The lowest BCUT2D eigenvalue weighted by Gasteiger charge is -2.22. The number of hydrogen-bond donors (Lipinski definition) is 1. The van der Waals surface area contributed by atoms with Crippen molar-refractivity contribution in [3.8, 4) is 0 Å². The summed E-state index contributed by atoms with van der Waals surface area (Å²) in [5, 5.41) is 4.85. The summed E-state index contributed by atoms with van der Waals surface area (Å²) in [5.74, 6) is -0.0875. The molecule has 0 fully saturated rings. The molecule has 1 amide bonds. The molecule has 4 nitrogen and oxygen atoms in total. The summed E-state index contributed by atoms with van der Waals surface area (Å²) in [6.45, 7) is 6.60. The molecule has 0 aliphatic carbocycles. The van der Waals surface area contributed by atoms with Crippen LogP contribution in [0.2, 0.25) is 10.0 Å². The van der Waals surface area contributed by atoms with Crippen LogP contribution in [0.3, 0.4) is 0 Å². The van der Waals surface area contributed by atoms with Crippen LogP contribution in [-0.4, -0.2) is 28.1 Å². The van der Waals surface area contributed by atoms with Crippen molar-refractivity contribution in [1.82, 2.24) is 10.2 Å². The molecule has 0 saturated carbocycles. The van der Waals surface area contributed by atoms with Crippen molar-refractivity contribution in [2.75, 3.05) is 0 Å². The first-order valence-electron chi connectivity index (χ1n) is 7.36. The van der Waals surface area contributed by atoms with E-state index in [1.165, 1.54) is 11.8 Å². The molecule has 0 bridgehead atoms. The summed E-state index contributed by atoms with van der Waals surface area (Å²) in [4.78, 5) is 19.9. The number of hydrogen-bond acceptors (Lipinski definition) is 4. The molecule has 1 N–H and O–H groups in total. The fourth-order valence-corrected chi connectivity index (χ4v) is 4.19. The van der Waals surface area contributed by atoms with Gasteiger partial charge in [-0.3, -0.25) is 9.79 Å². The molecule has 0 saturated heterocycles. The van der Waals surface area contributed by atoms with Gasteiger partial charge in [0.25, 0.3) is 5.91 Å². The van der Waals surface area contributed by atoms with Crippen molar-refractivity contribution >= 4 is 46.0 Å². The third-order valence-corrected chi connectivity index (χ3v) is 6.06. The molecule has 0 spiro atoms. The zero-order chi connectivity index (χ0) is 16.7. The van der Waals surface area contributed by atoms with Gasteiger partial charge in [0, 0.05) is 12.2 Å². The monoisotopic (exact) mass is 369 g/mol. The Labute approximate surface area is 149 Å². The molecule has 3 rings (SSSR count). The number of halogens is 2. The van der Waals surface area contributed by atoms with Crippen molar-refractivity contribution in [2.24, 2.45) is 4.99 Å². The van der Waals surface area contributed by atoms with Gasteiger partial charge < -0.3 is 10.2 Å². The van der Waals surface area contributed by atoms with E-state index >= 15 is 0 Å². The van der Waals surface area contributed by atoms with Gasteiger partial charge in [0.1, 0.15) is 0 Å². The van der Waals surface area contributed by atoms with Crippen LogP contribution in [0.25, 0.3) is 0 Å². The third kappa shape index (κ3) is 3.10. The molecule has 0 radical (unpaired) electrons. The number of nitrogens with one attached hydrogen (secondary N) is 1. The van der Waals surface area contributed by atoms with Crippen molar-refractivity contribution < 1.29 is 4.79 Å². The predicted octanol–water partition coefficient (Wildman–Crippen LogP) is 4.04. The molecule has 7 heteroatoms. The van der Waals surface area contributed by atoms with Crippen molar-refractivity contribution in [3.63, 3.8) is 0 Å². The summed E-state index contributed by atoms with van der Waals surface area (Å²) >= 11 is 13.3. The molecule has 2 atom stereocenters. The second-order valence-corrected chi connectivity index (χ2v) is 7.50. The van der Waals surface area contributed by atoms with Crippen LogP contribution in [0.4, 0.5) is 0 Å². The number of amidine groups is 1. The molecule has 2 aliphatic rings. The highest BCUT2D eigenvalue weighted by molar-refractivity contribution is 8.18. The number of allylic oxidation sites excluding steroid dienone is 1. The van der Waals surface area contributed by atoms with Crippen LogP contribution in [0.1, 0.15) is 26.3 Å². The summed E-state index contributed by atoms with van der Waals surface area (Å²) in [7, 11) is 0. The predicted molar refractivity (Wildman–Crippen MR) is 96.8 cm³/mol. The minimum absolute atomic E-state index is 0.0875. The Morgan fingerprint density at radius 1 is 1.35 bits per heavy atom. The Morgan fingerprint density at radius 3 is 2.74 bits per heavy atom. The van der Waals surface area contributed by atoms with Gasteiger partial charge in [-0.15, -0.1) is 0 Å². The number of rotatable bonds is 3. The Bertz CT molecular complexity index is 732. The first kappa shape index (κ1) is 16.7. The largest absolute Gasteiger partial charge is 0.347 e. The zero-order valence-corrected chi connectivity index (χ0v) is 15.4. The van der Waals surface area contributed by atoms with Crippen LogP contribution in [0.5, 0.6) is 0 Å². The molecule has 0 aromatic heterocycles. The standard InChI is InChI=1S/C16H17Cl2N3OS/c1-8-9(2)21-10(3)14(23-16(21)20-8)15(22)19-7-11-4-5-12(17)13(18)6-11/h4-6,8-9H,7H2,1-3H3,(H,19,22). The van der Waals surface area contributed by atoms with Crippen LogP contribution in [0, 0.1) is 0 Å². The normalized spacial score (nSPS) is 23.2. The molecule has 23 heavy (non-hydrogen) atoms. The van der Waals surface area contributed by atoms with E-state index in [0.29, 0.717) is 21.5 Å². The van der Waals surface area contributed by atoms with Gasteiger partial charge in [-0.05, 0) is 50.2 Å². The summed E-state index contributed by atoms with van der Waals surface area (Å²) in [5.41, 5.74) is 1.88. The quantitative estimate of drug-likeness (QED) is 0.874. The topological polar surface area (TPSA) is 44.7 Å². The summed E-state index contributed by atoms with van der Waals surface area (Å²) in [6, 6.07) is 5.89. The maximum atomic E-state index is 12.5. The van der Waals surface area contributed by atoms with Crippen LogP contribution < -0.4 is 5.32 Å². The van der Waals surface area contributed by atoms with Gasteiger partial charge in [-0.25, -0.2) is 0 Å². The van der Waals surface area contributed by atoms with E-state index in [4.69, 9.17) is 23.2 Å². The maximum absolute atomic E-state index is 12.5. The van der Waals surface area contributed by atoms with Crippen molar-refractivity contribution in [2.45, 2.75) is 39.4 Å². The maximum Gasteiger partial charge on any atom is 0.260 e. The van der Waals surface area contributed by atoms with E-state index in [9.17, 15) is 4.79 Å². The molecule has 2 unspecified atom stereocenters. The Kier molecular flexibility index (Phi) is 4.63. The van der Waals surface area contributed by atoms with Gasteiger partial charge >= 0.3 is 0 Å². The van der Waals surface area contributed by atoms with E-state index < -0.39 is 0 Å². The smallest absolute Gasteiger partial charge is 0.260 e. The lowest BCUT2D eigenvalue weighted by Crippen LogP contribution is -2.32. The van der Waals surface area contributed by atoms with Crippen LogP contribution in [-0.2, 0) is 11.3 Å². The fourth-order valence-electron chi connectivity index (χ4n) is 2.66. The SMILES string of the molecule is CC1=C(C(=O)NCc2ccc(Cl)c(Cl)c2)SC2=NC(C)C(C)N21. The van der Waals surface area contributed by atoms with Gasteiger partial charge in [-0.1, -0.05) is 29.3 Å². The van der Waals surface area contributed by atoms with Crippen LogP contribution in [0.15, 0.2) is 33.8 Å². The lowest BCUT2D eigenvalue weighted by molar-refractivity contribution is -0.117. The number of aliphatic imine (C=N–C) groups is 1. The average molecular weight is 370 g/mol. The molecule has 122 valence electrons. The van der Waals surface area contributed by atoms with E-state index in [-0.39, 0.29) is 18.0 Å². The minimum atomic E-state index is -0.0875. The van der Waals surface area contributed by atoms with E-state index in [2.05, 4.69) is 29.1 Å². The van der Waals surface area contributed by atoms with Crippen molar-refractivity contribution in [3.05, 3.63) is 44.4 Å². The second kappa shape index (κ2) is 6.38. The third-order valence-electron chi connectivity index (χ3n) is 4.15. The molecule has 1 aromatic rings. The molecule has 2 aliphatic heterocycles. The summed E-state index contributed by atoms with van der Waals surface area (Å²) < 4.78 is 0. The highest BCUT2D eigenvalue weighted by Gasteiger charge is 2.39. The molecule has 2 heterocycles. The number of carbonyl (C=O) groups is 1. The fraction of sp³-hybridized carbons (Fsp3) is 0.375. The first-order chi connectivity index (χ1) is 10.9. The first-order valence-corrected chi connectivity index (χ1v) is 8.93. The summed E-state index contributed by atoms with van der Waals surface area (Å²) in [6.07, 6.45) is 0. The van der Waals surface area contributed by atoms with E-state index in [0.717, 1.165) is 16.4 Å².